The van der Waals surface area contributed by atoms with Crippen molar-refractivity contribution in [1.82, 2.24) is 0 Å². The summed E-state index contributed by atoms with van der Waals surface area (Å²) in [6, 6.07) is 24.5. The van der Waals surface area contributed by atoms with Gasteiger partial charge in [-0.15, -0.1) is 0 Å². The van der Waals surface area contributed by atoms with Gasteiger partial charge in [0.05, 0.1) is 0 Å². The molecule has 1 atom stereocenters. The van der Waals surface area contributed by atoms with Crippen molar-refractivity contribution in [1.29, 1.82) is 0 Å². The minimum atomic E-state index is -5.56. The fourth-order valence-corrected chi connectivity index (χ4v) is 6.53. The van der Waals surface area contributed by atoms with E-state index in [1.54, 1.807) is 6.07 Å². The van der Waals surface area contributed by atoms with E-state index in [2.05, 4.69) is 36.4 Å². The zero-order chi connectivity index (χ0) is 29.5. The minimum absolute atomic E-state index is 0.142. The van der Waals surface area contributed by atoms with Crippen molar-refractivity contribution in [2.45, 2.75) is 69.9 Å². The Kier molecular flexibility index (Phi) is 10.4. The fourth-order valence-electron chi connectivity index (χ4n) is 5.34. The number of phenolic OH excluding ortho intramolecular Hbond substituents is 1. The normalized spacial score (nSPS) is 15.0. The van der Waals surface area contributed by atoms with E-state index in [9.17, 15) is 31.3 Å². The molecule has 0 spiro atoms. The lowest BCUT2D eigenvalue weighted by Crippen LogP contribution is -2.36. The maximum atomic E-state index is 13.0. The monoisotopic (exact) mass is 590 g/mol. The number of hydrogen-bond donors (Lipinski definition) is 1. The van der Waals surface area contributed by atoms with Crippen molar-refractivity contribution in [2.24, 2.45) is 0 Å². The molecule has 1 aliphatic rings. The van der Waals surface area contributed by atoms with Crippen molar-refractivity contribution in [3.8, 4) is 5.75 Å². The highest BCUT2D eigenvalue weighted by Crippen LogP contribution is 2.41. The fraction of sp³-hybridized carbons (Fsp3) is 0.394. The molecule has 3 aromatic carbocycles. The summed E-state index contributed by atoms with van der Waals surface area (Å²) in [5.74, 6) is -4.29. The molecule has 1 unspecified atom stereocenters. The molecule has 0 saturated carbocycles. The van der Waals surface area contributed by atoms with Crippen LogP contribution in [0.15, 0.2) is 72.8 Å². The molecule has 4 rings (SSSR count). The third-order valence-corrected chi connectivity index (χ3v) is 9.00. The van der Waals surface area contributed by atoms with Crippen molar-refractivity contribution in [3.63, 3.8) is 0 Å². The van der Waals surface area contributed by atoms with Gasteiger partial charge in [-0.1, -0.05) is 67.1 Å². The van der Waals surface area contributed by atoms with Crippen molar-refractivity contribution >= 4 is 21.9 Å². The smallest absolute Gasteiger partial charge is 0.453 e. The quantitative estimate of drug-likeness (QED) is 0.169. The Morgan fingerprint density at radius 3 is 2.17 bits per heavy atom. The largest absolute Gasteiger partial charge is 0.508 e. The first-order valence-electron chi connectivity index (χ1n) is 14.0. The van der Waals surface area contributed by atoms with Crippen LogP contribution in [0.25, 0.3) is 11.1 Å². The zero-order valence-electron chi connectivity index (χ0n) is 22.9. The minimum Gasteiger partial charge on any atom is -0.508 e. The van der Waals surface area contributed by atoms with Crippen molar-refractivity contribution in [2.75, 3.05) is 11.5 Å². The molecule has 1 aliphatic carbocycles. The van der Waals surface area contributed by atoms with Crippen LogP contribution in [0.3, 0.4) is 0 Å². The average molecular weight is 591 g/mol. The third kappa shape index (κ3) is 8.28. The molecule has 1 N–H and O–H groups in total. The highest BCUT2D eigenvalue weighted by Gasteiger charge is 2.56. The second-order valence-corrected chi connectivity index (χ2v) is 12.3. The molecule has 41 heavy (non-hydrogen) atoms. The molecule has 2 nitrogen and oxygen atoms in total. The van der Waals surface area contributed by atoms with Crippen LogP contribution in [0.1, 0.15) is 72.8 Å². The number of unbranched alkanes of at least 4 members (excludes halogenated alkanes) is 2. The molecule has 3 aromatic rings. The van der Waals surface area contributed by atoms with Crippen LogP contribution in [0.2, 0.25) is 0 Å². The number of aryl methyl sites for hydroxylation is 2. The maximum Gasteiger partial charge on any atom is 0.453 e. The molecule has 0 heterocycles. The summed E-state index contributed by atoms with van der Waals surface area (Å²) >= 11 is 0. The van der Waals surface area contributed by atoms with Gasteiger partial charge in [0, 0.05) is 28.7 Å². The topological polar surface area (TPSA) is 37.3 Å². The first kappa shape index (κ1) is 30.9. The van der Waals surface area contributed by atoms with Gasteiger partial charge in [-0.05, 0) is 96.0 Å². The number of rotatable bonds is 12. The Hall–Kier alpha value is -3.00. The Bertz CT molecular complexity index is 1350. The van der Waals surface area contributed by atoms with E-state index in [-0.39, 0.29) is 11.5 Å². The Balaban J connectivity index is 1.34. The SMILES string of the molecule is O=S(CCCCCc1ccc(C2=C(c3ccccc3)CCCc3cc(O)ccc32)cc1)CCCC(F)(F)C(F)(F)F. The molecule has 220 valence electrons. The van der Waals surface area contributed by atoms with E-state index in [1.165, 1.54) is 22.3 Å². The van der Waals surface area contributed by atoms with Crippen LogP contribution < -0.4 is 0 Å². The highest BCUT2D eigenvalue weighted by molar-refractivity contribution is 7.84. The first-order valence-corrected chi connectivity index (χ1v) is 15.5. The predicted molar refractivity (Wildman–Crippen MR) is 156 cm³/mol. The van der Waals surface area contributed by atoms with Gasteiger partial charge >= 0.3 is 12.1 Å². The molecule has 0 fully saturated rings. The van der Waals surface area contributed by atoms with Gasteiger partial charge in [0.1, 0.15) is 5.75 Å². The average Bonchev–Trinajstić information content (AvgIpc) is 3.12. The van der Waals surface area contributed by atoms with Gasteiger partial charge < -0.3 is 5.11 Å². The lowest BCUT2D eigenvalue weighted by atomic mass is 9.87. The van der Waals surface area contributed by atoms with E-state index in [0.717, 1.165) is 55.2 Å². The Labute approximate surface area is 240 Å². The molecule has 0 radical (unpaired) electrons. The van der Waals surface area contributed by atoms with Gasteiger partial charge in [-0.25, -0.2) is 0 Å². The maximum absolute atomic E-state index is 13.0. The van der Waals surface area contributed by atoms with Gasteiger partial charge in [-0.3, -0.25) is 4.21 Å². The van der Waals surface area contributed by atoms with Crippen LogP contribution in [0.5, 0.6) is 5.75 Å². The van der Waals surface area contributed by atoms with Gasteiger partial charge in [0.25, 0.3) is 0 Å². The van der Waals surface area contributed by atoms with E-state index < -0.39 is 35.7 Å². The summed E-state index contributed by atoms with van der Waals surface area (Å²) in [6.07, 6.45) is -1.35. The summed E-state index contributed by atoms with van der Waals surface area (Å²) in [5.41, 5.74) is 8.24. The lowest BCUT2D eigenvalue weighted by Gasteiger charge is -2.19. The van der Waals surface area contributed by atoms with E-state index >= 15 is 0 Å². The highest BCUT2D eigenvalue weighted by atomic mass is 32.2. The molecular weight excluding hydrogens is 555 g/mol. The Morgan fingerprint density at radius 1 is 0.756 bits per heavy atom. The summed E-state index contributed by atoms with van der Waals surface area (Å²) in [6.45, 7) is 0. The summed E-state index contributed by atoms with van der Waals surface area (Å²) in [5, 5.41) is 10.1. The lowest BCUT2D eigenvalue weighted by molar-refractivity contribution is -0.284. The molecule has 8 heteroatoms. The van der Waals surface area contributed by atoms with E-state index in [0.29, 0.717) is 12.2 Å². The molecule has 0 saturated heterocycles. The van der Waals surface area contributed by atoms with Crippen LogP contribution >= 0.6 is 0 Å². The second-order valence-electron chi connectivity index (χ2n) is 10.6. The van der Waals surface area contributed by atoms with Crippen LogP contribution in [0, 0.1) is 0 Å². The van der Waals surface area contributed by atoms with Crippen LogP contribution in [0.4, 0.5) is 22.0 Å². The van der Waals surface area contributed by atoms with Gasteiger partial charge in [0.15, 0.2) is 0 Å². The number of fused-ring (bicyclic) bond motifs is 1. The van der Waals surface area contributed by atoms with Crippen LogP contribution in [-0.4, -0.2) is 32.9 Å². The molecule has 0 aromatic heterocycles. The third-order valence-electron chi connectivity index (χ3n) is 7.51. The number of phenols is 1. The standard InChI is InChI=1S/C33H35F5O2S/c34-32(35,33(36,37)38)20-8-22-41(40)21-6-2-3-9-24-14-16-26(17-15-24)31-29(25-10-4-1-5-11-25)13-7-12-27-23-28(39)18-19-30(27)31/h1,4-5,10-11,14-19,23,39H,2-3,6-9,12-13,20-22H2. The zero-order valence-corrected chi connectivity index (χ0v) is 23.7. The number of allylic oxidation sites excluding steroid dienone is 1. The van der Waals surface area contributed by atoms with E-state index in [1.807, 2.05) is 30.3 Å². The molecule has 0 bridgehead atoms. The molecular formula is C33H35F5O2S. The number of halogens is 5. The van der Waals surface area contributed by atoms with E-state index in [4.69, 9.17) is 0 Å². The predicted octanol–water partition coefficient (Wildman–Crippen LogP) is 9.13. The second kappa shape index (κ2) is 13.8. The molecule has 0 amide bonds. The van der Waals surface area contributed by atoms with Gasteiger partial charge in [0.2, 0.25) is 0 Å². The first-order chi connectivity index (χ1) is 19.5. The number of hydrogen-bond acceptors (Lipinski definition) is 2. The number of aromatic hydroxyl groups is 1. The Morgan fingerprint density at radius 2 is 1.46 bits per heavy atom. The van der Waals surface area contributed by atoms with Crippen LogP contribution in [-0.2, 0) is 23.6 Å². The van der Waals surface area contributed by atoms with Gasteiger partial charge in [-0.2, -0.15) is 22.0 Å². The summed E-state index contributed by atoms with van der Waals surface area (Å²) in [4.78, 5) is 0. The molecule has 0 aliphatic heterocycles. The summed E-state index contributed by atoms with van der Waals surface area (Å²) in [7, 11) is -1.40. The number of benzene rings is 3. The van der Waals surface area contributed by atoms with Crippen molar-refractivity contribution in [3.05, 3.63) is 101 Å². The summed E-state index contributed by atoms with van der Waals surface area (Å²) < 4.78 is 74.7. The van der Waals surface area contributed by atoms with Crippen molar-refractivity contribution < 1.29 is 31.3 Å². The number of alkyl halides is 5.